The molecule has 0 fully saturated rings. The Morgan fingerprint density at radius 2 is 1.87 bits per heavy atom. The van der Waals surface area contributed by atoms with Crippen LogP contribution in [0.25, 0.3) is 11.1 Å². The number of ether oxygens (including phenoxy) is 1. The van der Waals surface area contributed by atoms with Crippen LogP contribution in [0.5, 0.6) is 5.75 Å². The number of anilines is 1. The summed E-state index contributed by atoms with van der Waals surface area (Å²) in [6.07, 6.45) is 1.58. The van der Waals surface area contributed by atoms with Crippen molar-refractivity contribution >= 4 is 11.8 Å². The van der Waals surface area contributed by atoms with E-state index in [1.165, 1.54) is 0 Å². The van der Waals surface area contributed by atoms with E-state index in [0.717, 1.165) is 16.7 Å². The molecule has 1 aromatic heterocycles. The lowest BCUT2D eigenvalue weighted by molar-refractivity contribution is -0.118. The Balaban J connectivity index is 1.65. The zero-order valence-electron chi connectivity index (χ0n) is 12.7. The Morgan fingerprint density at radius 1 is 1.13 bits per heavy atom. The van der Waals surface area contributed by atoms with Crippen molar-refractivity contribution < 1.29 is 14.1 Å². The summed E-state index contributed by atoms with van der Waals surface area (Å²) in [5.41, 5.74) is 2.82. The van der Waals surface area contributed by atoms with E-state index in [9.17, 15) is 4.79 Å². The normalized spacial score (nSPS) is 10.3. The summed E-state index contributed by atoms with van der Waals surface area (Å²) in [6.45, 7) is 1.92. The standard InChI is InChI=1S/C18H16N2O3/c1-13-7-9-14(10-8-13)16-11-19-23-18(16)20-17(21)12-22-15-5-3-2-4-6-15/h2-11H,12H2,1H3,(H,20,21). The number of benzene rings is 2. The van der Waals surface area contributed by atoms with Gasteiger partial charge in [0.05, 0.1) is 11.8 Å². The van der Waals surface area contributed by atoms with Crippen LogP contribution < -0.4 is 10.1 Å². The van der Waals surface area contributed by atoms with Crippen LogP contribution in [0.1, 0.15) is 5.56 Å². The van der Waals surface area contributed by atoms with Gasteiger partial charge in [-0.05, 0) is 24.6 Å². The van der Waals surface area contributed by atoms with Gasteiger partial charge in [0.15, 0.2) is 6.61 Å². The van der Waals surface area contributed by atoms with Gasteiger partial charge in [-0.25, -0.2) is 0 Å². The van der Waals surface area contributed by atoms with E-state index in [1.54, 1.807) is 18.3 Å². The van der Waals surface area contributed by atoms with Crippen molar-refractivity contribution in [3.05, 3.63) is 66.4 Å². The number of hydrogen-bond acceptors (Lipinski definition) is 4. The molecule has 116 valence electrons. The number of nitrogens with zero attached hydrogens (tertiary/aromatic N) is 1. The lowest BCUT2D eigenvalue weighted by Gasteiger charge is -2.06. The number of hydrogen-bond donors (Lipinski definition) is 1. The number of para-hydroxylation sites is 1. The largest absolute Gasteiger partial charge is 0.484 e. The summed E-state index contributed by atoms with van der Waals surface area (Å²) in [5.74, 6) is 0.647. The monoisotopic (exact) mass is 308 g/mol. The highest BCUT2D eigenvalue weighted by Crippen LogP contribution is 2.27. The van der Waals surface area contributed by atoms with Gasteiger partial charge in [0.1, 0.15) is 5.75 Å². The number of amides is 1. The molecule has 23 heavy (non-hydrogen) atoms. The first-order chi connectivity index (χ1) is 11.2. The number of aryl methyl sites for hydroxylation is 1. The van der Waals surface area contributed by atoms with E-state index in [2.05, 4.69) is 10.5 Å². The van der Waals surface area contributed by atoms with Crippen LogP contribution in [-0.4, -0.2) is 17.7 Å². The van der Waals surface area contributed by atoms with Crippen molar-refractivity contribution in [1.29, 1.82) is 0 Å². The van der Waals surface area contributed by atoms with Crippen molar-refractivity contribution in [2.75, 3.05) is 11.9 Å². The fourth-order valence-corrected chi connectivity index (χ4v) is 2.10. The molecular weight excluding hydrogens is 292 g/mol. The summed E-state index contributed by atoms with van der Waals surface area (Å²) in [4.78, 5) is 12.0. The fraction of sp³-hybridized carbons (Fsp3) is 0.111. The third-order valence-corrected chi connectivity index (χ3v) is 3.30. The Bertz CT molecular complexity index is 780. The number of rotatable bonds is 5. The van der Waals surface area contributed by atoms with Crippen molar-refractivity contribution in [1.82, 2.24) is 5.16 Å². The third kappa shape index (κ3) is 3.77. The van der Waals surface area contributed by atoms with E-state index in [4.69, 9.17) is 9.26 Å². The second kappa shape index (κ2) is 6.79. The maximum Gasteiger partial charge on any atom is 0.264 e. The van der Waals surface area contributed by atoms with Crippen LogP contribution in [0.15, 0.2) is 65.3 Å². The van der Waals surface area contributed by atoms with Crippen molar-refractivity contribution in [2.24, 2.45) is 0 Å². The van der Waals surface area contributed by atoms with Crippen LogP contribution in [0.3, 0.4) is 0 Å². The third-order valence-electron chi connectivity index (χ3n) is 3.30. The predicted molar refractivity (Wildman–Crippen MR) is 87.2 cm³/mol. The Hall–Kier alpha value is -3.08. The maximum atomic E-state index is 12.0. The van der Waals surface area contributed by atoms with Crippen molar-refractivity contribution in [3.8, 4) is 16.9 Å². The van der Waals surface area contributed by atoms with Gasteiger partial charge in [0.25, 0.3) is 5.91 Å². The SMILES string of the molecule is Cc1ccc(-c2cnoc2NC(=O)COc2ccccc2)cc1. The zero-order chi connectivity index (χ0) is 16.1. The summed E-state index contributed by atoms with van der Waals surface area (Å²) in [7, 11) is 0. The second-order valence-electron chi connectivity index (χ2n) is 5.08. The first-order valence-corrected chi connectivity index (χ1v) is 7.22. The number of carbonyl (C=O) groups excluding carboxylic acids is 1. The van der Waals surface area contributed by atoms with Gasteiger partial charge in [0.2, 0.25) is 5.88 Å². The molecule has 3 aromatic rings. The van der Waals surface area contributed by atoms with E-state index in [1.807, 2.05) is 49.4 Å². The van der Waals surface area contributed by atoms with Crippen molar-refractivity contribution in [3.63, 3.8) is 0 Å². The van der Waals surface area contributed by atoms with E-state index in [0.29, 0.717) is 11.6 Å². The van der Waals surface area contributed by atoms with Crippen LogP contribution in [0.4, 0.5) is 5.88 Å². The highest BCUT2D eigenvalue weighted by Gasteiger charge is 2.13. The molecule has 2 aromatic carbocycles. The summed E-state index contributed by atoms with van der Waals surface area (Å²) in [5, 5.41) is 6.44. The van der Waals surface area contributed by atoms with Gasteiger partial charge in [-0.1, -0.05) is 53.2 Å². The minimum absolute atomic E-state index is 0.0992. The van der Waals surface area contributed by atoms with Gasteiger partial charge in [-0.15, -0.1) is 0 Å². The maximum absolute atomic E-state index is 12.0. The Labute approximate surface area is 133 Å². The minimum Gasteiger partial charge on any atom is -0.484 e. The molecule has 5 nitrogen and oxygen atoms in total. The summed E-state index contributed by atoms with van der Waals surface area (Å²) >= 11 is 0. The predicted octanol–water partition coefficient (Wildman–Crippen LogP) is 3.67. The number of aromatic nitrogens is 1. The topological polar surface area (TPSA) is 64.4 Å². The highest BCUT2D eigenvalue weighted by molar-refractivity contribution is 5.94. The van der Waals surface area contributed by atoms with Crippen LogP contribution in [0.2, 0.25) is 0 Å². The van der Waals surface area contributed by atoms with E-state index < -0.39 is 0 Å². The molecule has 0 unspecified atom stereocenters. The molecule has 0 aliphatic heterocycles. The molecule has 1 N–H and O–H groups in total. The van der Waals surface area contributed by atoms with Gasteiger partial charge in [-0.3, -0.25) is 10.1 Å². The van der Waals surface area contributed by atoms with Gasteiger partial charge in [0, 0.05) is 0 Å². The quantitative estimate of drug-likeness (QED) is 0.781. The van der Waals surface area contributed by atoms with Crippen LogP contribution >= 0.6 is 0 Å². The smallest absolute Gasteiger partial charge is 0.264 e. The molecular formula is C18H16N2O3. The molecule has 0 aliphatic rings. The van der Waals surface area contributed by atoms with E-state index >= 15 is 0 Å². The number of carbonyl (C=O) groups is 1. The molecule has 3 rings (SSSR count). The molecule has 1 amide bonds. The first kappa shape index (κ1) is 14.8. The average molecular weight is 308 g/mol. The molecule has 0 bridgehead atoms. The summed E-state index contributed by atoms with van der Waals surface area (Å²) in [6, 6.07) is 17.1. The Kier molecular flexibility index (Phi) is 4.38. The molecule has 0 saturated carbocycles. The van der Waals surface area contributed by atoms with Gasteiger partial charge in [-0.2, -0.15) is 0 Å². The summed E-state index contributed by atoms with van der Waals surface area (Å²) < 4.78 is 10.5. The Morgan fingerprint density at radius 3 is 2.61 bits per heavy atom. The lowest BCUT2D eigenvalue weighted by Crippen LogP contribution is -2.20. The highest BCUT2D eigenvalue weighted by atomic mass is 16.5. The molecule has 0 saturated heterocycles. The molecule has 5 heteroatoms. The fourth-order valence-electron chi connectivity index (χ4n) is 2.10. The average Bonchev–Trinajstić information content (AvgIpc) is 3.03. The molecule has 0 radical (unpaired) electrons. The van der Waals surface area contributed by atoms with Gasteiger partial charge < -0.3 is 9.26 Å². The first-order valence-electron chi connectivity index (χ1n) is 7.22. The van der Waals surface area contributed by atoms with Crippen molar-refractivity contribution in [2.45, 2.75) is 6.92 Å². The van der Waals surface area contributed by atoms with E-state index in [-0.39, 0.29) is 12.5 Å². The second-order valence-corrected chi connectivity index (χ2v) is 5.08. The molecule has 0 aliphatic carbocycles. The lowest BCUT2D eigenvalue weighted by atomic mass is 10.1. The zero-order valence-corrected chi connectivity index (χ0v) is 12.7. The van der Waals surface area contributed by atoms with Crippen LogP contribution in [-0.2, 0) is 4.79 Å². The minimum atomic E-state index is -0.307. The molecule has 0 atom stereocenters. The molecule has 1 heterocycles. The number of nitrogens with one attached hydrogen (secondary N) is 1. The van der Waals surface area contributed by atoms with Gasteiger partial charge >= 0.3 is 0 Å². The van der Waals surface area contributed by atoms with Crippen LogP contribution in [0, 0.1) is 6.92 Å². The molecule has 0 spiro atoms.